The summed E-state index contributed by atoms with van der Waals surface area (Å²) in [5, 5.41) is 26.4. The van der Waals surface area contributed by atoms with Gasteiger partial charge < -0.3 is 30.1 Å². The topological polar surface area (TPSA) is 129 Å². The number of benzene rings is 4. The maximum Gasteiger partial charge on any atom is 0.315 e. The molecule has 0 saturated carbocycles. The van der Waals surface area contributed by atoms with Gasteiger partial charge in [-0.3, -0.25) is 15.0 Å². The average molecular weight is 680 g/mol. The number of anilines is 1. The summed E-state index contributed by atoms with van der Waals surface area (Å²) >= 11 is 0. The van der Waals surface area contributed by atoms with E-state index in [1.807, 2.05) is 61.5 Å². The van der Waals surface area contributed by atoms with E-state index in [2.05, 4.69) is 57.7 Å². The lowest BCUT2D eigenvalue weighted by atomic mass is 9.89. The third-order valence-electron chi connectivity index (χ3n) is 9.65. The first-order valence-electron chi connectivity index (χ1n) is 17.2. The van der Waals surface area contributed by atoms with Gasteiger partial charge in [-0.2, -0.15) is 0 Å². The van der Waals surface area contributed by atoms with E-state index >= 15 is 0 Å². The summed E-state index contributed by atoms with van der Waals surface area (Å²) in [7, 11) is 0. The fraction of sp³-hybridized carbons (Fsp3) is 0.359. The Labute approximate surface area is 293 Å². The van der Waals surface area contributed by atoms with Crippen molar-refractivity contribution in [3.8, 4) is 11.1 Å². The van der Waals surface area contributed by atoms with Crippen LogP contribution in [-0.2, 0) is 22.6 Å². The molecule has 4 atom stereocenters. The molecule has 4 aromatic carbocycles. The van der Waals surface area contributed by atoms with E-state index in [1.165, 1.54) is 0 Å². The first-order valence-corrected chi connectivity index (χ1v) is 17.2. The number of hydrogen-bond donors (Lipinski definition) is 3. The number of amides is 2. The molecule has 2 aliphatic heterocycles. The monoisotopic (exact) mass is 679 g/mol. The number of nitro groups is 1. The second-order valence-electron chi connectivity index (χ2n) is 12.9. The van der Waals surface area contributed by atoms with Crippen LogP contribution in [0, 0.1) is 16.0 Å². The molecule has 0 bridgehead atoms. The van der Waals surface area contributed by atoms with Gasteiger partial charge in [0.15, 0.2) is 6.29 Å². The van der Waals surface area contributed by atoms with Gasteiger partial charge in [-0.15, -0.1) is 0 Å². The minimum atomic E-state index is -0.580. The third kappa shape index (κ3) is 8.31. The van der Waals surface area contributed by atoms with Crippen LogP contribution in [0.3, 0.4) is 0 Å². The minimum absolute atomic E-state index is 0.0148. The highest BCUT2D eigenvalue weighted by atomic mass is 16.7. The van der Waals surface area contributed by atoms with Gasteiger partial charge in [0, 0.05) is 75.1 Å². The zero-order valence-electron chi connectivity index (χ0n) is 28.5. The first-order chi connectivity index (χ1) is 24.3. The minimum Gasteiger partial charge on any atom is -0.392 e. The number of piperazine rings is 1. The highest BCUT2D eigenvalue weighted by Gasteiger charge is 2.39. The summed E-state index contributed by atoms with van der Waals surface area (Å²) in [4.78, 5) is 27.4. The van der Waals surface area contributed by atoms with E-state index in [4.69, 9.17) is 9.47 Å². The molecule has 2 saturated heterocycles. The predicted octanol–water partition coefficient (Wildman–Crippen LogP) is 6.19. The van der Waals surface area contributed by atoms with Crippen LogP contribution in [0.15, 0.2) is 97.1 Å². The van der Waals surface area contributed by atoms with Crippen molar-refractivity contribution in [2.45, 2.75) is 45.5 Å². The number of aliphatic hydroxyl groups is 1. The molecule has 50 heavy (non-hydrogen) atoms. The van der Waals surface area contributed by atoms with Crippen LogP contribution in [0.2, 0.25) is 0 Å². The second-order valence-corrected chi connectivity index (χ2v) is 12.9. The molecule has 2 fully saturated rings. The van der Waals surface area contributed by atoms with Crippen LogP contribution in [-0.4, -0.2) is 66.3 Å². The predicted molar refractivity (Wildman–Crippen MR) is 193 cm³/mol. The smallest absolute Gasteiger partial charge is 0.315 e. The van der Waals surface area contributed by atoms with Crippen molar-refractivity contribution >= 4 is 17.4 Å². The van der Waals surface area contributed by atoms with Crippen molar-refractivity contribution in [3.05, 3.63) is 129 Å². The number of non-ortho nitro benzene ring substituents is 1. The summed E-state index contributed by atoms with van der Waals surface area (Å²) in [5.41, 5.74) is 6.99. The summed E-state index contributed by atoms with van der Waals surface area (Å²) < 4.78 is 13.5. The van der Waals surface area contributed by atoms with Crippen molar-refractivity contribution in [2.24, 2.45) is 5.92 Å². The fourth-order valence-corrected chi connectivity index (χ4v) is 6.73. The molecule has 11 nitrogen and oxygen atoms in total. The molecule has 11 heteroatoms. The lowest BCUT2D eigenvalue weighted by Crippen LogP contribution is -2.51. The van der Waals surface area contributed by atoms with Crippen LogP contribution in [0.25, 0.3) is 11.1 Å². The SMILES string of the molecule is CCNC(=O)NCc1ccccc1-c1ccc([C@@H]2O[C@H](CN3CCN(c4ccc([N+](=O)[O-])cc4)CC3)[C@H](C)[C@H](c3ccc(CO)cc3)O2)cc1. The Morgan fingerprint density at radius 1 is 0.880 bits per heavy atom. The normalized spacial score (nSPS) is 21.1. The molecule has 2 aliphatic rings. The molecule has 262 valence electrons. The van der Waals surface area contributed by atoms with Crippen LogP contribution in [0.4, 0.5) is 16.2 Å². The van der Waals surface area contributed by atoms with Gasteiger partial charge in [0.05, 0.1) is 23.7 Å². The second kappa shape index (κ2) is 16.3. The van der Waals surface area contributed by atoms with Gasteiger partial charge in [0.25, 0.3) is 5.69 Å². The van der Waals surface area contributed by atoms with E-state index in [9.17, 15) is 20.0 Å². The number of carbonyl (C=O) groups is 1. The number of ether oxygens (including phenoxy) is 2. The Balaban J connectivity index is 1.17. The summed E-state index contributed by atoms with van der Waals surface area (Å²) in [5.74, 6) is 0.0579. The summed E-state index contributed by atoms with van der Waals surface area (Å²) in [6.07, 6.45) is -0.902. The Morgan fingerprint density at radius 2 is 1.56 bits per heavy atom. The van der Waals surface area contributed by atoms with E-state index in [0.717, 1.165) is 71.8 Å². The number of aliphatic hydroxyl groups excluding tert-OH is 1. The number of urea groups is 1. The molecule has 0 aliphatic carbocycles. The number of carbonyl (C=O) groups excluding carboxylic acids is 1. The van der Waals surface area contributed by atoms with Gasteiger partial charge in [-0.05, 0) is 46.9 Å². The van der Waals surface area contributed by atoms with Crippen molar-refractivity contribution in [3.63, 3.8) is 0 Å². The van der Waals surface area contributed by atoms with E-state index < -0.39 is 6.29 Å². The molecular weight excluding hydrogens is 634 g/mol. The highest BCUT2D eigenvalue weighted by Crippen LogP contribution is 2.42. The molecule has 0 radical (unpaired) electrons. The molecule has 3 N–H and O–H groups in total. The lowest BCUT2D eigenvalue weighted by Gasteiger charge is -2.44. The maximum atomic E-state index is 12.0. The molecule has 2 heterocycles. The molecule has 0 spiro atoms. The number of hydrogen-bond acceptors (Lipinski definition) is 8. The van der Waals surface area contributed by atoms with Gasteiger partial charge in [-0.25, -0.2) is 4.79 Å². The molecule has 2 amide bonds. The summed E-state index contributed by atoms with van der Waals surface area (Å²) in [6, 6.07) is 30.8. The van der Waals surface area contributed by atoms with Crippen LogP contribution in [0.1, 0.15) is 48.5 Å². The standard InChI is InChI=1S/C39H45N5O6/c1-3-40-39(46)41-24-32-6-4-5-7-35(32)29-12-14-31(15-13-29)38-49-36(27(2)37(50-38)30-10-8-28(26-45)9-11-30)25-42-20-22-43(23-21-42)33-16-18-34(19-17-33)44(47)48/h4-19,27,36-38,45H,3,20-26H2,1-2H3,(H2,40,41,46)/t27-,36+,37+,38+/m0/s1. The molecule has 6 rings (SSSR count). The highest BCUT2D eigenvalue weighted by molar-refractivity contribution is 5.74. The molecule has 0 unspecified atom stereocenters. The van der Waals surface area contributed by atoms with E-state index in [-0.39, 0.29) is 41.4 Å². The number of rotatable bonds is 11. The van der Waals surface area contributed by atoms with E-state index in [1.54, 1.807) is 12.1 Å². The van der Waals surface area contributed by atoms with Gasteiger partial charge in [0.1, 0.15) is 0 Å². The molecule has 0 aromatic heterocycles. The first kappa shape index (κ1) is 35.0. The fourth-order valence-electron chi connectivity index (χ4n) is 6.73. The quantitative estimate of drug-likeness (QED) is 0.127. The average Bonchev–Trinajstić information content (AvgIpc) is 3.15. The Hall–Kier alpha value is -4.81. The number of nitrogens with zero attached hydrogens (tertiary/aromatic N) is 3. The summed E-state index contributed by atoms with van der Waals surface area (Å²) in [6.45, 7) is 9.07. The maximum absolute atomic E-state index is 12.0. The van der Waals surface area contributed by atoms with Crippen LogP contribution in [0.5, 0.6) is 0 Å². The van der Waals surface area contributed by atoms with Crippen LogP contribution < -0.4 is 15.5 Å². The molecular formula is C39H45N5O6. The van der Waals surface area contributed by atoms with Crippen molar-refractivity contribution in [1.29, 1.82) is 0 Å². The van der Waals surface area contributed by atoms with Crippen molar-refractivity contribution < 1.29 is 24.3 Å². The van der Waals surface area contributed by atoms with Crippen molar-refractivity contribution in [1.82, 2.24) is 15.5 Å². The van der Waals surface area contributed by atoms with Crippen LogP contribution >= 0.6 is 0 Å². The number of nitrogens with one attached hydrogen (secondary N) is 2. The van der Waals surface area contributed by atoms with Gasteiger partial charge >= 0.3 is 6.03 Å². The van der Waals surface area contributed by atoms with E-state index in [0.29, 0.717) is 13.1 Å². The largest absolute Gasteiger partial charge is 0.392 e. The number of nitro benzene ring substituents is 1. The Kier molecular flexibility index (Phi) is 11.4. The molecule has 4 aromatic rings. The third-order valence-corrected chi connectivity index (χ3v) is 9.65. The van der Waals surface area contributed by atoms with Gasteiger partial charge in [-0.1, -0.05) is 79.7 Å². The van der Waals surface area contributed by atoms with Gasteiger partial charge in [0.2, 0.25) is 0 Å². The Morgan fingerprint density at radius 3 is 2.22 bits per heavy atom. The zero-order valence-corrected chi connectivity index (χ0v) is 28.5. The lowest BCUT2D eigenvalue weighted by molar-refractivity contribution is -0.384. The van der Waals surface area contributed by atoms with Crippen molar-refractivity contribution in [2.75, 3.05) is 44.2 Å². The zero-order chi connectivity index (χ0) is 35.0. The Bertz CT molecular complexity index is 1730.